The molecule has 2 nitrogen and oxygen atoms in total. The van der Waals surface area contributed by atoms with Gasteiger partial charge in [-0.1, -0.05) is 73.7 Å². The van der Waals surface area contributed by atoms with E-state index in [0.29, 0.717) is 6.42 Å². The van der Waals surface area contributed by atoms with Crippen molar-refractivity contribution in [2.75, 3.05) is 0 Å². The quantitative estimate of drug-likeness (QED) is 0.737. The van der Waals surface area contributed by atoms with E-state index in [-0.39, 0.29) is 11.5 Å². The molecule has 0 aliphatic rings. The highest BCUT2D eigenvalue weighted by molar-refractivity contribution is 5.51. The van der Waals surface area contributed by atoms with Crippen molar-refractivity contribution in [3.63, 3.8) is 0 Å². The van der Waals surface area contributed by atoms with Gasteiger partial charge in [-0.15, -0.1) is 0 Å². The summed E-state index contributed by atoms with van der Waals surface area (Å²) >= 11 is 0. The summed E-state index contributed by atoms with van der Waals surface area (Å²) < 4.78 is 0. The predicted octanol–water partition coefficient (Wildman–Crippen LogP) is 4.65. The largest absolute Gasteiger partial charge is 0.508 e. The molecular formula is C21H20O2. The van der Waals surface area contributed by atoms with Gasteiger partial charge in [-0.3, -0.25) is 0 Å². The van der Waals surface area contributed by atoms with Crippen LogP contribution in [0.5, 0.6) is 11.5 Å². The van der Waals surface area contributed by atoms with Crippen molar-refractivity contribution < 1.29 is 10.2 Å². The van der Waals surface area contributed by atoms with Crippen molar-refractivity contribution in [3.05, 3.63) is 95.6 Å². The molecule has 2 N–H and O–H groups in total. The zero-order valence-electron chi connectivity index (χ0n) is 13.1. The average Bonchev–Trinajstić information content (AvgIpc) is 2.56. The summed E-state index contributed by atoms with van der Waals surface area (Å²) in [6.45, 7) is 2.06. The van der Waals surface area contributed by atoms with E-state index in [9.17, 15) is 10.2 Å². The minimum absolute atomic E-state index is 0.245. The molecule has 0 aliphatic heterocycles. The first-order valence-electron chi connectivity index (χ1n) is 7.72. The topological polar surface area (TPSA) is 40.5 Å². The van der Waals surface area contributed by atoms with E-state index in [1.165, 1.54) is 0 Å². The highest BCUT2D eigenvalue weighted by Gasteiger charge is 2.33. The number of rotatable bonds is 4. The lowest BCUT2D eigenvalue weighted by molar-refractivity contribution is 0.424. The van der Waals surface area contributed by atoms with Gasteiger partial charge in [-0.05, 0) is 24.1 Å². The van der Waals surface area contributed by atoms with Gasteiger partial charge in [0, 0.05) is 16.5 Å². The fraction of sp³-hybridized carbons (Fsp3) is 0.143. The Morgan fingerprint density at radius 1 is 0.652 bits per heavy atom. The van der Waals surface area contributed by atoms with Crippen LogP contribution in [0.3, 0.4) is 0 Å². The number of para-hydroxylation sites is 2. The number of phenolic OH excluding ortho intramolecular Hbond substituents is 2. The molecule has 3 aromatic carbocycles. The van der Waals surface area contributed by atoms with Crippen LogP contribution in [-0.2, 0) is 11.8 Å². The molecule has 116 valence electrons. The predicted molar refractivity (Wildman–Crippen MR) is 92.8 cm³/mol. The average molecular weight is 304 g/mol. The summed E-state index contributed by atoms with van der Waals surface area (Å²) in [7, 11) is 0. The van der Waals surface area contributed by atoms with Gasteiger partial charge >= 0.3 is 0 Å². The zero-order valence-corrected chi connectivity index (χ0v) is 13.1. The highest BCUT2D eigenvalue weighted by Crippen LogP contribution is 2.42. The van der Waals surface area contributed by atoms with Crippen LogP contribution in [0.1, 0.15) is 23.6 Å². The first-order chi connectivity index (χ1) is 11.1. The van der Waals surface area contributed by atoms with Crippen LogP contribution in [-0.4, -0.2) is 10.2 Å². The van der Waals surface area contributed by atoms with Crippen molar-refractivity contribution in [3.8, 4) is 11.5 Å². The van der Waals surface area contributed by atoms with Crippen molar-refractivity contribution in [2.45, 2.75) is 18.8 Å². The van der Waals surface area contributed by atoms with Gasteiger partial charge in [-0.2, -0.15) is 0 Å². The summed E-state index contributed by atoms with van der Waals surface area (Å²) in [4.78, 5) is 0. The molecule has 0 radical (unpaired) electrons. The van der Waals surface area contributed by atoms with Crippen LogP contribution in [0.25, 0.3) is 0 Å². The third kappa shape index (κ3) is 2.93. The van der Waals surface area contributed by atoms with Crippen molar-refractivity contribution in [1.82, 2.24) is 0 Å². The summed E-state index contributed by atoms with van der Waals surface area (Å²) in [6.07, 6.45) is 0.684. The number of hydrogen-bond donors (Lipinski definition) is 2. The molecular weight excluding hydrogens is 284 g/mol. The number of benzene rings is 3. The second kappa shape index (κ2) is 6.17. The van der Waals surface area contributed by atoms with E-state index in [4.69, 9.17) is 0 Å². The molecule has 3 aromatic rings. The van der Waals surface area contributed by atoms with Crippen LogP contribution >= 0.6 is 0 Å². The molecule has 0 saturated heterocycles. The highest BCUT2D eigenvalue weighted by atomic mass is 16.3. The van der Waals surface area contributed by atoms with Crippen LogP contribution in [0.15, 0.2) is 78.9 Å². The minimum atomic E-state index is -0.530. The van der Waals surface area contributed by atoms with E-state index in [0.717, 1.165) is 16.7 Å². The molecule has 0 heterocycles. The maximum atomic E-state index is 10.4. The fourth-order valence-corrected chi connectivity index (χ4v) is 3.22. The Labute approximate surface area is 136 Å². The lowest BCUT2D eigenvalue weighted by Gasteiger charge is -2.32. The Balaban J connectivity index is 2.18. The molecule has 2 heteroatoms. The van der Waals surface area contributed by atoms with Gasteiger partial charge in [-0.25, -0.2) is 0 Å². The minimum Gasteiger partial charge on any atom is -0.508 e. The summed E-state index contributed by atoms with van der Waals surface area (Å²) in [6, 6.07) is 24.8. The van der Waals surface area contributed by atoms with Crippen LogP contribution in [0.4, 0.5) is 0 Å². The van der Waals surface area contributed by atoms with Gasteiger partial charge in [0.25, 0.3) is 0 Å². The normalized spacial score (nSPS) is 11.3. The smallest absolute Gasteiger partial charge is 0.119 e. The molecule has 0 saturated carbocycles. The molecule has 3 rings (SSSR count). The SMILES string of the molecule is CC(Cc1ccccc1)(c1ccccc1O)c1ccccc1O. The summed E-state index contributed by atoms with van der Waals surface area (Å²) in [5.74, 6) is 0.489. The van der Waals surface area contributed by atoms with Crippen LogP contribution in [0.2, 0.25) is 0 Å². The third-order valence-electron chi connectivity index (χ3n) is 4.40. The van der Waals surface area contributed by atoms with Crippen LogP contribution in [0, 0.1) is 0 Å². The molecule has 0 amide bonds. The third-order valence-corrected chi connectivity index (χ3v) is 4.40. The van der Waals surface area contributed by atoms with Crippen LogP contribution < -0.4 is 0 Å². The molecule has 0 unspecified atom stereocenters. The van der Waals surface area contributed by atoms with E-state index >= 15 is 0 Å². The lowest BCUT2D eigenvalue weighted by Crippen LogP contribution is -2.27. The van der Waals surface area contributed by atoms with E-state index in [2.05, 4.69) is 19.1 Å². The van der Waals surface area contributed by atoms with E-state index < -0.39 is 5.41 Å². The molecule has 0 spiro atoms. The Bertz CT molecular complexity index is 748. The maximum absolute atomic E-state index is 10.4. The molecule has 0 atom stereocenters. The zero-order chi connectivity index (χ0) is 16.3. The Hall–Kier alpha value is -2.74. The van der Waals surface area contributed by atoms with Gasteiger partial charge in [0.2, 0.25) is 0 Å². The van der Waals surface area contributed by atoms with Crippen molar-refractivity contribution >= 4 is 0 Å². The van der Waals surface area contributed by atoms with Crippen molar-refractivity contribution in [2.24, 2.45) is 0 Å². The maximum Gasteiger partial charge on any atom is 0.119 e. The Kier molecular flexibility index (Phi) is 4.07. The molecule has 0 bridgehead atoms. The lowest BCUT2D eigenvalue weighted by atomic mass is 9.71. The van der Waals surface area contributed by atoms with Gasteiger partial charge in [0.15, 0.2) is 0 Å². The number of hydrogen-bond acceptors (Lipinski definition) is 2. The fourth-order valence-electron chi connectivity index (χ4n) is 3.22. The number of aromatic hydroxyl groups is 2. The van der Waals surface area contributed by atoms with Crippen molar-refractivity contribution in [1.29, 1.82) is 0 Å². The second-order valence-corrected chi connectivity index (χ2v) is 6.03. The monoisotopic (exact) mass is 304 g/mol. The Morgan fingerprint density at radius 3 is 1.57 bits per heavy atom. The summed E-state index contributed by atoms with van der Waals surface area (Å²) in [5, 5.41) is 20.8. The first kappa shape index (κ1) is 15.2. The second-order valence-electron chi connectivity index (χ2n) is 6.03. The number of phenols is 2. The molecule has 23 heavy (non-hydrogen) atoms. The molecule has 0 fully saturated rings. The van der Waals surface area contributed by atoms with Gasteiger partial charge < -0.3 is 10.2 Å². The van der Waals surface area contributed by atoms with Gasteiger partial charge in [0.05, 0.1) is 0 Å². The Morgan fingerprint density at radius 2 is 1.09 bits per heavy atom. The first-order valence-corrected chi connectivity index (χ1v) is 7.72. The molecule has 0 aliphatic carbocycles. The van der Waals surface area contributed by atoms with E-state index in [1.54, 1.807) is 12.1 Å². The summed E-state index contributed by atoms with van der Waals surface area (Å²) in [5.41, 5.74) is 2.25. The molecule has 0 aromatic heterocycles. The van der Waals surface area contributed by atoms with E-state index in [1.807, 2.05) is 54.6 Å². The van der Waals surface area contributed by atoms with Gasteiger partial charge in [0.1, 0.15) is 11.5 Å². The standard InChI is InChI=1S/C21H20O2/c1-21(15-16-9-3-2-4-10-16,17-11-5-7-13-19(17)22)18-12-6-8-14-20(18)23/h2-14,22-23H,15H2,1H3.